The van der Waals surface area contributed by atoms with E-state index >= 15 is 0 Å². The number of hydrogen-bond acceptors (Lipinski definition) is 3. The van der Waals surface area contributed by atoms with Crippen LogP contribution in [0.1, 0.15) is 37.7 Å². The van der Waals surface area contributed by atoms with E-state index in [4.69, 9.17) is 0 Å². The van der Waals surface area contributed by atoms with Crippen molar-refractivity contribution in [2.24, 2.45) is 5.92 Å². The Labute approximate surface area is 133 Å². The number of nitrogens with zero attached hydrogens (tertiary/aromatic N) is 1. The standard InChI is InChI=1S/C17H18FNO2S/c18-14-8-6-12(7-9-14)10-15-16(20)19(17(21)22-15)11-13-4-2-1-3-5-13/h6-10,13H,1-5,11H2/b15-10+. The summed E-state index contributed by atoms with van der Waals surface area (Å²) in [7, 11) is 0. The zero-order valence-corrected chi connectivity index (χ0v) is 13.1. The van der Waals surface area contributed by atoms with Crippen molar-refractivity contribution in [3.63, 3.8) is 0 Å². The van der Waals surface area contributed by atoms with Crippen LogP contribution in [0.25, 0.3) is 6.08 Å². The van der Waals surface area contributed by atoms with Gasteiger partial charge >= 0.3 is 0 Å². The third-order valence-electron chi connectivity index (χ3n) is 4.21. The Hall–Kier alpha value is -1.62. The molecule has 116 valence electrons. The van der Waals surface area contributed by atoms with Crippen molar-refractivity contribution in [2.75, 3.05) is 6.54 Å². The lowest BCUT2D eigenvalue weighted by atomic mass is 9.89. The number of benzene rings is 1. The van der Waals surface area contributed by atoms with Gasteiger partial charge in [-0.3, -0.25) is 14.5 Å². The number of hydrogen-bond donors (Lipinski definition) is 0. The molecule has 0 bridgehead atoms. The van der Waals surface area contributed by atoms with Crippen LogP contribution in [-0.4, -0.2) is 22.6 Å². The van der Waals surface area contributed by atoms with Gasteiger partial charge in [0.2, 0.25) is 0 Å². The summed E-state index contributed by atoms with van der Waals surface area (Å²) in [5, 5.41) is -0.191. The van der Waals surface area contributed by atoms with E-state index in [9.17, 15) is 14.0 Å². The van der Waals surface area contributed by atoms with Gasteiger partial charge in [0.25, 0.3) is 11.1 Å². The summed E-state index contributed by atoms with van der Waals surface area (Å²) in [6.45, 7) is 0.533. The van der Waals surface area contributed by atoms with Crippen LogP contribution >= 0.6 is 11.8 Å². The van der Waals surface area contributed by atoms with Crippen molar-refractivity contribution in [1.82, 2.24) is 4.90 Å². The van der Waals surface area contributed by atoms with E-state index in [2.05, 4.69) is 0 Å². The summed E-state index contributed by atoms with van der Waals surface area (Å²) in [5.74, 6) is -0.0973. The number of halogens is 1. The number of carbonyl (C=O) groups excluding carboxylic acids is 2. The van der Waals surface area contributed by atoms with Crippen LogP contribution in [-0.2, 0) is 4.79 Å². The molecule has 5 heteroatoms. The normalized spacial score (nSPS) is 21.9. The van der Waals surface area contributed by atoms with Crippen LogP contribution in [0.15, 0.2) is 29.2 Å². The van der Waals surface area contributed by atoms with Gasteiger partial charge in [-0.25, -0.2) is 4.39 Å². The summed E-state index contributed by atoms with van der Waals surface area (Å²) in [6, 6.07) is 5.89. The van der Waals surface area contributed by atoms with E-state index in [-0.39, 0.29) is 17.0 Å². The van der Waals surface area contributed by atoms with Crippen molar-refractivity contribution in [3.8, 4) is 0 Å². The highest BCUT2D eigenvalue weighted by molar-refractivity contribution is 8.18. The lowest BCUT2D eigenvalue weighted by Gasteiger charge is -2.25. The second-order valence-corrected chi connectivity index (χ2v) is 6.84. The second-order valence-electron chi connectivity index (χ2n) is 5.85. The van der Waals surface area contributed by atoms with E-state index in [1.807, 2.05) is 0 Å². The molecule has 2 fully saturated rings. The van der Waals surface area contributed by atoms with Crippen LogP contribution in [0.5, 0.6) is 0 Å². The Balaban J connectivity index is 1.71. The molecule has 2 amide bonds. The molecule has 1 aliphatic carbocycles. The SMILES string of the molecule is O=C1S/C(=C/c2ccc(F)cc2)C(=O)N1CC1CCCCC1. The van der Waals surface area contributed by atoms with Gasteiger partial charge in [0.15, 0.2) is 0 Å². The molecule has 0 spiro atoms. The molecule has 0 N–H and O–H groups in total. The zero-order chi connectivity index (χ0) is 15.5. The van der Waals surface area contributed by atoms with Crippen molar-refractivity contribution in [3.05, 3.63) is 40.6 Å². The summed E-state index contributed by atoms with van der Waals surface area (Å²) in [4.78, 5) is 26.3. The molecule has 1 aliphatic heterocycles. The largest absolute Gasteiger partial charge is 0.293 e. The molecule has 1 aromatic carbocycles. The Kier molecular flexibility index (Phi) is 4.62. The molecule has 3 nitrogen and oxygen atoms in total. The van der Waals surface area contributed by atoms with Gasteiger partial charge in [0.05, 0.1) is 4.91 Å². The predicted octanol–water partition coefficient (Wildman–Crippen LogP) is 4.44. The molecule has 0 unspecified atom stereocenters. The summed E-state index contributed by atoms with van der Waals surface area (Å²) < 4.78 is 12.9. The number of amides is 2. The maximum Gasteiger partial charge on any atom is 0.293 e. The first-order valence-corrected chi connectivity index (χ1v) is 8.46. The van der Waals surface area contributed by atoms with Crippen LogP contribution in [0.3, 0.4) is 0 Å². The second kappa shape index (κ2) is 6.65. The molecular formula is C17H18FNO2S. The first-order chi connectivity index (χ1) is 10.6. The molecule has 0 aromatic heterocycles. The minimum absolute atomic E-state index is 0.191. The Morgan fingerprint density at radius 1 is 1.14 bits per heavy atom. The summed E-state index contributed by atoms with van der Waals surface area (Å²) in [6.07, 6.45) is 7.48. The Morgan fingerprint density at radius 3 is 2.50 bits per heavy atom. The highest BCUT2D eigenvalue weighted by Crippen LogP contribution is 2.34. The van der Waals surface area contributed by atoms with Crippen molar-refractivity contribution >= 4 is 29.0 Å². The average Bonchev–Trinajstić information content (AvgIpc) is 2.78. The summed E-state index contributed by atoms with van der Waals surface area (Å²) in [5.41, 5.74) is 0.726. The zero-order valence-electron chi connectivity index (χ0n) is 12.3. The summed E-state index contributed by atoms with van der Waals surface area (Å²) >= 11 is 0.974. The first-order valence-electron chi connectivity index (χ1n) is 7.64. The predicted molar refractivity (Wildman–Crippen MR) is 85.7 cm³/mol. The molecule has 3 rings (SSSR count). The highest BCUT2D eigenvalue weighted by Gasteiger charge is 2.36. The Bertz CT molecular complexity index is 606. The fourth-order valence-electron chi connectivity index (χ4n) is 3.00. The molecule has 1 aromatic rings. The molecule has 0 radical (unpaired) electrons. The molecule has 0 atom stereocenters. The minimum Gasteiger partial charge on any atom is -0.268 e. The Morgan fingerprint density at radius 2 is 1.82 bits per heavy atom. The molecular weight excluding hydrogens is 301 g/mol. The topological polar surface area (TPSA) is 37.4 Å². The molecule has 1 saturated heterocycles. The molecule has 22 heavy (non-hydrogen) atoms. The fraction of sp³-hybridized carbons (Fsp3) is 0.412. The minimum atomic E-state index is -0.317. The molecule has 1 saturated carbocycles. The van der Waals surface area contributed by atoms with Crippen LogP contribution in [0, 0.1) is 11.7 Å². The van der Waals surface area contributed by atoms with Crippen molar-refractivity contribution in [1.29, 1.82) is 0 Å². The van der Waals surface area contributed by atoms with E-state index in [0.717, 1.165) is 30.2 Å². The number of carbonyl (C=O) groups is 2. The van der Waals surface area contributed by atoms with Crippen molar-refractivity contribution < 1.29 is 14.0 Å². The van der Waals surface area contributed by atoms with Gasteiger partial charge in [0, 0.05) is 6.54 Å². The van der Waals surface area contributed by atoms with Gasteiger partial charge in [-0.1, -0.05) is 31.4 Å². The quantitative estimate of drug-likeness (QED) is 0.773. The molecule has 1 heterocycles. The monoisotopic (exact) mass is 319 g/mol. The first kappa shape index (κ1) is 15.3. The van der Waals surface area contributed by atoms with Gasteiger partial charge in [0.1, 0.15) is 5.82 Å². The lowest BCUT2D eigenvalue weighted by molar-refractivity contribution is -0.123. The van der Waals surface area contributed by atoms with Crippen LogP contribution < -0.4 is 0 Å². The average molecular weight is 319 g/mol. The van der Waals surface area contributed by atoms with Crippen LogP contribution in [0.2, 0.25) is 0 Å². The van der Waals surface area contributed by atoms with Gasteiger partial charge in [-0.15, -0.1) is 0 Å². The highest BCUT2D eigenvalue weighted by atomic mass is 32.2. The third kappa shape index (κ3) is 3.40. The van der Waals surface area contributed by atoms with Gasteiger partial charge in [-0.2, -0.15) is 0 Å². The lowest BCUT2D eigenvalue weighted by Crippen LogP contribution is -2.34. The third-order valence-corrected chi connectivity index (χ3v) is 5.11. The number of thioether (sulfide) groups is 1. The van der Waals surface area contributed by atoms with E-state index in [0.29, 0.717) is 17.4 Å². The van der Waals surface area contributed by atoms with Gasteiger partial charge < -0.3 is 0 Å². The maximum atomic E-state index is 12.9. The number of imide groups is 1. The van der Waals surface area contributed by atoms with Crippen molar-refractivity contribution in [2.45, 2.75) is 32.1 Å². The molecule has 2 aliphatic rings. The fourth-order valence-corrected chi connectivity index (χ4v) is 3.84. The number of rotatable bonds is 3. The van der Waals surface area contributed by atoms with E-state index < -0.39 is 0 Å². The van der Waals surface area contributed by atoms with Gasteiger partial charge in [-0.05, 0) is 54.3 Å². The van der Waals surface area contributed by atoms with E-state index in [1.54, 1.807) is 18.2 Å². The van der Waals surface area contributed by atoms with Crippen LogP contribution in [0.4, 0.5) is 9.18 Å². The smallest absolute Gasteiger partial charge is 0.268 e. The van der Waals surface area contributed by atoms with E-state index in [1.165, 1.54) is 36.3 Å². The maximum absolute atomic E-state index is 12.9.